The second-order valence-corrected chi connectivity index (χ2v) is 7.74. The van der Waals surface area contributed by atoms with Crippen LogP contribution in [0.4, 0.5) is 5.82 Å². The molecule has 0 atom stereocenters. The van der Waals surface area contributed by atoms with Crippen molar-refractivity contribution in [1.82, 2.24) is 14.9 Å². The Kier molecular flexibility index (Phi) is 4.72. The fourth-order valence-electron chi connectivity index (χ4n) is 4.26. The molecule has 1 fully saturated rings. The highest BCUT2D eigenvalue weighted by atomic mass is 16.2. The van der Waals surface area contributed by atoms with Gasteiger partial charge in [0.05, 0.1) is 0 Å². The van der Waals surface area contributed by atoms with Crippen molar-refractivity contribution in [3.63, 3.8) is 0 Å². The summed E-state index contributed by atoms with van der Waals surface area (Å²) in [4.78, 5) is 26.8. The van der Waals surface area contributed by atoms with E-state index in [1.54, 1.807) is 6.20 Å². The van der Waals surface area contributed by atoms with E-state index in [9.17, 15) is 4.79 Å². The Labute approximate surface area is 171 Å². The number of anilines is 1. The fourth-order valence-corrected chi connectivity index (χ4v) is 4.26. The Balaban J connectivity index is 1.56. The Morgan fingerprint density at radius 1 is 0.862 bits per heavy atom. The minimum atomic E-state index is 0.0518. The zero-order valence-electron chi connectivity index (χ0n) is 16.4. The molecule has 2 aromatic carbocycles. The van der Waals surface area contributed by atoms with E-state index in [1.807, 2.05) is 35.2 Å². The van der Waals surface area contributed by atoms with Gasteiger partial charge in [-0.3, -0.25) is 4.79 Å². The van der Waals surface area contributed by atoms with Gasteiger partial charge in [-0.15, -0.1) is 0 Å². The fraction of sp³-hybridized carbons (Fsp3) is 0.292. The van der Waals surface area contributed by atoms with Crippen molar-refractivity contribution >= 4 is 11.7 Å². The number of hydrogen-bond donors (Lipinski definition) is 0. The average Bonchev–Trinajstić information content (AvgIpc) is 3.33. The van der Waals surface area contributed by atoms with Crippen LogP contribution < -0.4 is 4.90 Å². The highest BCUT2D eigenvalue weighted by molar-refractivity contribution is 5.99. The highest BCUT2D eigenvalue weighted by Crippen LogP contribution is 2.29. The monoisotopic (exact) mass is 384 g/mol. The van der Waals surface area contributed by atoms with Crippen LogP contribution in [-0.2, 0) is 13.0 Å². The molecule has 0 unspecified atom stereocenters. The molecule has 5 nitrogen and oxygen atoms in total. The summed E-state index contributed by atoms with van der Waals surface area (Å²) in [6, 6.07) is 18.5. The normalized spacial score (nSPS) is 16.0. The van der Waals surface area contributed by atoms with Gasteiger partial charge < -0.3 is 9.80 Å². The number of carbonyl (C=O) groups excluding carboxylic acids is 1. The molecule has 0 bridgehead atoms. The van der Waals surface area contributed by atoms with Gasteiger partial charge in [0.1, 0.15) is 11.4 Å². The van der Waals surface area contributed by atoms with Crippen molar-refractivity contribution in [2.45, 2.75) is 25.8 Å². The molecule has 5 rings (SSSR count). The number of likely N-dealkylation sites (tertiary alicyclic amines) is 1. The maximum atomic E-state index is 13.2. The first-order valence-electron chi connectivity index (χ1n) is 10.3. The summed E-state index contributed by atoms with van der Waals surface area (Å²) in [7, 11) is 0. The molecular formula is C24H24N4O. The van der Waals surface area contributed by atoms with Gasteiger partial charge in [0.25, 0.3) is 5.91 Å². The van der Waals surface area contributed by atoms with Crippen molar-refractivity contribution in [2.75, 3.05) is 24.5 Å². The number of nitrogens with zero attached hydrogens (tertiary/aromatic N) is 4. The maximum Gasteiger partial charge on any atom is 0.259 e. The first-order chi connectivity index (χ1) is 14.3. The van der Waals surface area contributed by atoms with Gasteiger partial charge in [-0.05, 0) is 30.4 Å². The van der Waals surface area contributed by atoms with Crippen LogP contribution in [0, 0.1) is 0 Å². The van der Waals surface area contributed by atoms with E-state index < -0.39 is 0 Å². The number of hydrogen-bond acceptors (Lipinski definition) is 4. The molecule has 29 heavy (non-hydrogen) atoms. The Morgan fingerprint density at radius 3 is 2.38 bits per heavy atom. The minimum Gasteiger partial charge on any atom is -0.351 e. The molecule has 0 aliphatic carbocycles. The van der Waals surface area contributed by atoms with Crippen molar-refractivity contribution in [3.05, 3.63) is 77.5 Å². The lowest BCUT2D eigenvalue weighted by molar-refractivity contribution is 0.0792. The molecule has 0 radical (unpaired) electrons. The molecule has 0 saturated carbocycles. The van der Waals surface area contributed by atoms with Crippen molar-refractivity contribution in [2.24, 2.45) is 0 Å². The summed E-state index contributed by atoms with van der Waals surface area (Å²) in [5.41, 5.74) is 4.27. The lowest BCUT2D eigenvalue weighted by atomic mass is 9.99. The van der Waals surface area contributed by atoms with Crippen LogP contribution in [0.2, 0.25) is 0 Å². The summed E-state index contributed by atoms with van der Waals surface area (Å²) in [6.45, 7) is 3.26. The predicted molar refractivity (Wildman–Crippen MR) is 114 cm³/mol. The van der Waals surface area contributed by atoms with Crippen LogP contribution in [0.3, 0.4) is 0 Å². The van der Waals surface area contributed by atoms with Gasteiger partial charge >= 0.3 is 0 Å². The molecule has 146 valence electrons. The zero-order chi connectivity index (χ0) is 19.6. The number of amides is 1. The second-order valence-electron chi connectivity index (χ2n) is 7.74. The van der Waals surface area contributed by atoms with E-state index in [2.05, 4.69) is 34.1 Å². The number of aromatic nitrogens is 2. The smallest absolute Gasteiger partial charge is 0.259 e. The predicted octanol–water partition coefficient (Wildman–Crippen LogP) is 3.94. The second kappa shape index (κ2) is 7.66. The highest BCUT2D eigenvalue weighted by Gasteiger charge is 2.27. The third-order valence-electron chi connectivity index (χ3n) is 5.85. The van der Waals surface area contributed by atoms with E-state index in [1.165, 1.54) is 11.1 Å². The van der Waals surface area contributed by atoms with E-state index in [0.29, 0.717) is 11.4 Å². The first-order valence-corrected chi connectivity index (χ1v) is 10.3. The van der Waals surface area contributed by atoms with Crippen LogP contribution in [-0.4, -0.2) is 40.4 Å². The maximum absolute atomic E-state index is 13.2. The molecule has 1 aromatic heterocycles. The number of fused-ring (bicyclic) bond motifs is 1. The van der Waals surface area contributed by atoms with Crippen molar-refractivity contribution in [1.29, 1.82) is 0 Å². The largest absolute Gasteiger partial charge is 0.351 e. The van der Waals surface area contributed by atoms with Gasteiger partial charge in [-0.1, -0.05) is 54.6 Å². The van der Waals surface area contributed by atoms with Gasteiger partial charge in [-0.25, -0.2) is 9.97 Å². The molecule has 1 saturated heterocycles. The van der Waals surface area contributed by atoms with E-state index >= 15 is 0 Å². The van der Waals surface area contributed by atoms with E-state index in [-0.39, 0.29) is 5.91 Å². The molecule has 2 aliphatic heterocycles. The molecule has 0 N–H and O–H groups in total. The van der Waals surface area contributed by atoms with Crippen LogP contribution in [0.25, 0.3) is 11.4 Å². The van der Waals surface area contributed by atoms with E-state index in [4.69, 9.17) is 4.98 Å². The summed E-state index contributed by atoms with van der Waals surface area (Å²) >= 11 is 0. The number of carbonyl (C=O) groups is 1. The summed E-state index contributed by atoms with van der Waals surface area (Å²) in [6.07, 6.45) is 4.83. The lowest BCUT2D eigenvalue weighted by Gasteiger charge is -2.31. The van der Waals surface area contributed by atoms with Gasteiger partial charge in [-0.2, -0.15) is 0 Å². The van der Waals surface area contributed by atoms with E-state index in [0.717, 1.165) is 56.8 Å². The molecular weight excluding hydrogens is 360 g/mol. The molecule has 0 spiro atoms. The number of benzene rings is 2. The number of rotatable bonds is 3. The Bertz CT molecular complexity index is 1030. The standard InChI is InChI=1S/C24H24N4O/c29-24(27-13-6-7-14-27)21-16-25-22(19-9-2-1-3-10-19)26-23(21)28-15-12-18-8-4-5-11-20(18)17-28/h1-5,8-11,16H,6-7,12-15,17H2. The van der Waals surface area contributed by atoms with Crippen molar-refractivity contribution in [3.8, 4) is 11.4 Å². The minimum absolute atomic E-state index is 0.0518. The molecule has 2 aliphatic rings. The summed E-state index contributed by atoms with van der Waals surface area (Å²) in [5, 5.41) is 0. The summed E-state index contributed by atoms with van der Waals surface area (Å²) < 4.78 is 0. The van der Waals surface area contributed by atoms with Gasteiger partial charge in [0.2, 0.25) is 0 Å². The third kappa shape index (κ3) is 3.48. The zero-order valence-corrected chi connectivity index (χ0v) is 16.4. The Hall–Kier alpha value is -3.21. The third-order valence-corrected chi connectivity index (χ3v) is 5.85. The van der Waals surface area contributed by atoms with Gasteiger partial charge in [0, 0.05) is 37.9 Å². The molecule has 3 aromatic rings. The molecule has 1 amide bonds. The van der Waals surface area contributed by atoms with Crippen LogP contribution in [0.15, 0.2) is 60.8 Å². The summed E-state index contributed by atoms with van der Waals surface area (Å²) in [5.74, 6) is 1.47. The average molecular weight is 384 g/mol. The molecule has 5 heteroatoms. The van der Waals surface area contributed by atoms with Crippen LogP contribution in [0.1, 0.15) is 34.3 Å². The SMILES string of the molecule is O=C(c1cnc(-c2ccccc2)nc1N1CCc2ccccc2C1)N1CCCC1. The van der Waals surface area contributed by atoms with Gasteiger partial charge in [0.15, 0.2) is 5.82 Å². The van der Waals surface area contributed by atoms with Crippen LogP contribution >= 0.6 is 0 Å². The topological polar surface area (TPSA) is 49.3 Å². The Morgan fingerprint density at radius 2 is 1.59 bits per heavy atom. The van der Waals surface area contributed by atoms with Crippen LogP contribution in [0.5, 0.6) is 0 Å². The lowest BCUT2D eigenvalue weighted by Crippen LogP contribution is -2.35. The first kappa shape index (κ1) is 17.9. The quantitative estimate of drug-likeness (QED) is 0.686. The molecule has 3 heterocycles. The van der Waals surface area contributed by atoms with Crippen molar-refractivity contribution < 1.29 is 4.79 Å².